The van der Waals surface area contributed by atoms with Crippen LogP contribution >= 0.6 is 0 Å². The van der Waals surface area contributed by atoms with Crippen LogP contribution in [0.2, 0.25) is 0 Å². The fourth-order valence-electron chi connectivity index (χ4n) is 1.53. The van der Waals surface area contributed by atoms with Gasteiger partial charge in [0, 0.05) is 0 Å². The van der Waals surface area contributed by atoms with Crippen LogP contribution in [0.15, 0.2) is 24.3 Å². The second kappa shape index (κ2) is 5.09. The first-order valence-corrected chi connectivity index (χ1v) is 5.19. The van der Waals surface area contributed by atoms with E-state index in [1.807, 2.05) is 0 Å². The molecule has 18 heavy (non-hydrogen) atoms. The van der Waals surface area contributed by atoms with Gasteiger partial charge in [-0.15, -0.1) is 5.10 Å². The van der Waals surface area contributed by atoms with E-state index in [0.29, 0.717) is 17.1 Å². The van der Waals surface area contributed by atoms with Crippen LogP contribution in [-0.4, -0.2) is 26.7 Å². The minimum Gasteiger partial charge on any atom is -0.435 e. The van der Waals surface area contributed by atoms with E-state index in [-0.39, 0.29) is 12.4 Å². The largest absolute Gasteiger partial charge is 0.435 e. The molecule has 1 heterocycles. The van der Waals surface area contributed by atoms with Crippen LogP contribution in [0, 0.1) is 6.92 Å². The van der Waals surface area contributed by atoms with Gasteiger partial charge in [-0.3, -0.25) is 0 Å². The van der Waals surface area contributed by atoms with Crippen molar-refractivity contribution in [3.63, 3.8) is 0 Å². The molecule has 2 rings (SSSR count). The van der Waals surface area contributed by atoms with E-state index in [0.717, 1.165) is 0 Å². The van der Waals surface area contributed by atoms with E-state index in [1.54, 1.807) is 19.1 Å². The molecule has 96 valence electrons. The zero-order valence-corrected chi connectivity index (χ0v) is 9.55. The van der Waals surface area contributed by atoms with E-state index >= 15 is 0 Å². The predicted octanol–water partition coefficient (Wildman–Crippen LogP) is 1.67. The van der Waals surface area contributed by atoms with E-state index in [9.17, 15) is 13.9 Å². The van der Waals surface area contributed by atoms with Crippen molar-refractivity contribution in [1.29, 1.82) is 0 Å². The van der Waals surface area contributed by atoms with Crippen LogP contribution in [0.25, 0.3) is 5.69 Å². The number of aliphatic hydroxyl groups excluding tert-OH is 1. The Morgan fingerprint density at radius 3 is 2.56 bits per heavy atom. The zero-order chi connectivity index (χ0) is 13.1. The monoisotopic (exact) mass is 255 g/mol. The SMILES string of the molecule is Cc1nnn(-c2ccc(OC(F)F)cc2)c1CO. The predicted molar refractivity (Wildman–Crippen MR) is 58.7 cm³/mol. The molecule has 0 aliphatic carbocycles. The topological polar surface area (TPSA) is 60.2 Å². The lowest BCUT2D eigenvalue weighted by atomic mass is 10.3. The molecule has 0 saturated heterocycles. The van der Waals surface area contributed by atoms with Gasteiger partial charge in [0.1, 0.15) is 5.75 Å². The number of benzene rings is 1. The van der Waals surface area contributed by atoms with Crippen molar-refractivity contribution in [3.8, 4) is 11.4 Å². The Hall–Kier alpha value is -2.02. The first-order valence-electron chi connectivity index (χ1n) is 5.19. The van der Waals surface area contributed by atoms with Crippen LogP contribution in [0.4, 0.5) is 8.78 Å². The standard InChI is InChI=1S/C11H11F2N3O2/c1-7-10(6-17)16(15-14-7)8-2-4-9(5-3-8)18-11(12)13/h2-5,11,17H,6H2,1H3. The van der Waals surface area contributed by atoms with Gasteiger partial charge in [-0.1, -0.05) is 5.21 Å². The summed E-state index contributed by atoms with van der Waals surface area (Å²) in [6.45, 7) is -1.32. The maximum atomic E-state index is 12.0. The molecule has 0 spiro atoms. The first kappa shape index (κ1) is 12.4. The summed E-state index contributed by atoms with van der Waals surface area (Å²) in [6, 6.07) is 5.93. The number of aryl methyl sites for hydroxylation is 1. The fourth-order valence-corrected chi connectivity index (χ4v) is 1.53. The van der Waals surface area contributed by atoms with Crippen molar-refractivity contribution in [2.45, 2.75) is 20.1 Å². The third-order valence-electron chi connectivity index (χ3n) is 2.41. The second-order valence-electron chi connectivity index (χ2n) is 3.56. The molecular weight excluding hydrogens is 244 g/mol. The fraction of sp³-hybridized carbons (Fsp3) is 0.273. The number of hydrogen-bond acceptors (Lipinski definition) is 4. The number of nitrogens with zero attached hydrogens (tertiary/aromatic N) is 3. The van der Waals surface area contributed by atoms with Gasteiger partial charge in [0.05, 0.1) is 23.7 Å². The van der Waals surface area contributed by atoms with Crippen LogP contribution in [0.3, 0.4) is 0 Å². The van der Waals surface area contributed by atoms with E-state index in [4.69, 9.17) is 0 Å². The highest BCUT2D eigenvalue weighted by Crippen LogP contribution is 2.18. The van der Waals surface area contributed by atoms with Gasteiger partial charge in [0.15, 0.2) is 0 Å². The molecule has 0 amide bonds. The zero-order valence-electron chi connectivity index (χ0n) is 9.55. The van der Waals surface area contributed by atoms with Gasteiger partial charge in [-0.2, -0.15) is 8.78 Å². The summed E-state index contributed by atoms with van der Waals surface area (Å²) in [7, 11) is 0. The van der Waals surface area contributed by atoms with Crippen molar-refractivity contribution < 1.29 is 18.6 Å². The highest BCUT2D eigenvalue weighted by Gasteiger charge is 2.10. The van der Waals surface area contributed by atoms with E-state index in [2.05, 4.69) is 15.0 Å². The van der Waals surface area contributed by atoms with Crippen LogP contribution in [0.1, 0.15) is 11.4 Å². The van der Waals surface area contributed by atoms with E-state index < -0.39 is 6.61 Å². The quantitative estimate of drug-likeness (QED) is 0.902. The lowest BCUT2D eigenvalue weighted by Crippen LogP contribution is -2.04. The molecule has 2 aromatic rings. The molecule has 1 aromatic heterocycles. The Morgan fingerprint density at radius 1 is 1.33 bits per heavy atom. The van der Waals surface area contributed by atoms with Crippen LogP contribution in [0.5, 0.6) is 5.75 Å². The van der Waals surface area contributed by atoms with Crippen molar-refractivity contribution in [2.24, 2.45) is 0 Å². The Labute approximate surface area is 102 Å². The second-order valence-corrected chi connectivity index (χ2v) is 3.56. The molecule has 0 radical (unpaired) electrons. The van der Waals surface area contributed by atoms with Crippen LogP contribution in [-0.2, 0) is 6.61 Å². The van der Waals surface area contributed by atoms with Crippen LogP contribution < -0.4 is 4.74 Å². The molecule has 0 bridgehead atoms. The molecule has 1 aromatic carbocycles. The van der Waals surface area contributed by atoms with Crippen molar-refractivity contribution in [1.82, 2.24) is 15.0 Å². The minimum absolute atomic E-state index is 0.0659. The molecule has 1 N–H and O–H groups in total. The third kappa shape index (κ3) is 2.45. The normalized spacial score (nSPS) is 10.9. The van der Waals surface area contributed by atoms with Gasteiger partial charge in [0.25, 0.3) is 0 Å². The summed E-state index contributed by atoms with van der Waals surface area (Å²) in [6.07, 6.45) is 0. The maximum absolute atomic E-state index is 12.0. The summed E-state index contributed by atoms with van der Waals surface area (Å²) in [5.41, 5.74) is 1.78. The summed E-state index contributed by atoms with van der Waals surface area (Å²) < 4.78 is 29.7. The Bertz CT molecular complexity index is 526. The van der Waals surface area contributed by atoms with Gasteiger partial charge in [0.2, 0.25) is 0 Å². The Morgan fingerprint density at radius 2 is 2.00 bits per heavy atom. The summed E-state index contributed by atoms with van der Waals surface area (Å²) in [5.74, 6) is 0.0659. The molecule has 7 heteroatoms. The van der Waals surface area contributed by atoms with Crippen molar-refractivity contribution in [2.75, 3.05) is 0 Å². The number of hydrogen-bond donors (Lipinski definition) is 1. The number of aliphatic hydroxyl groups is 1. The number of aromatic nitrogens is 3. The lowest BCUT2D eigenvalue weighted by molar-refractivity contribution is -0.0498. The van der Waals surface area contributed by atoms with Gasteiger partial charge in [-0.25, -0.2) is 4.68 Å². The number of ether oxygens (including phenoxy) is 1. The molecule has 0 atom stereocenters. The number of halogens is 2. The van der Waals surface area contributed by atoms with Gasteiger partial charge < -0.3 is 9.84 Å². The number of alkyl halides is 2. The molecule has 0 aliphatic heterocycles. The Kier molecular flexibility index (Phi) is 3.52. The molecule has 0 fully saturated rings. The van der Waals surface area contributed by atoms with Gasteiger partial charge >= 0.3 is 6.61 Å². The molecular formula is C11H11F2N3O2. The summed E-state index contributed by atoms with van der Waals surface area (Å²) >= 11 is 0. The van der Waals surface area contributed by atoms with Gasteiger partial charge in [-0.05, 0) is 31.2 Å². The maximum Gasteiger partial charge on any atom is 0.387 e. The highest BCUT2D eigenvalue weighted by atomic mass is 19.3. The third-order valence-corrected chi connectivity index (χ3v) is 2.41. The molecule has 0 aliphatic rings. The molecule has 0 saturated carbocycles. The average Bonchev–Trinajstić information content (AvgIpc) is 2.70. The molecule has 5 nitrogen and oxygen atoms in total. The van der Waals surface area contributed by atoms with Crippen molar-refractivity contribution >= 4 is 0 Å². The smallest absolute Gasteiger partial charge is 0.387 e. The van der Waals surface area contributed by atoms with E-state index in [1.165, 1.54) is 16.8 Å². The highest BCUT2D eigenvalue weighted by molar-refractivity contribution is 5.38. The average molecular weight is 255 g/mol. The van der Waals surface area contributed by atoms with Crippen molar-refractivity contribution in [3.05, 3.63) is 35.7 Å². The molecule has 0 unspecified atom stereocenters. The first-order chi connectivity index (χ1) is 8.61. The summed E-state index contributed by atoms with van der Waals surface area (Å²) in [4.78, 5) is 0. The minimum atomic E-state index is -2.85. The lowest BCUT2D eigenvalue weighted by Gasteiger charge is -2.07. The Balaban J connectivity index is 2.28. The summed E-state index contributed by atoms with van der Waals surface area (Å²) in [5, 5.41) is 16.9. The number of rotatable bonds is 4.